The van der Waals surface area contributed by atoms with Gasteiger partial charge in [0.25, 0.3) is 0 Å². The minimum absolute atomic E-state index is 0.487. The first-order valence-corrected chi connectivity index (χ1v) is 7.99. The van der Waals surface area contributed by atoms with Crippen molar-refractivity contribution in [1.29, 1.82) is 0 Å². The van der Waals surface area contributed by atoms with Crippen molar-refractivity contribution in [3.05, 3.63) is 66.4 Å². The van der Waals surface area contributed by atoms with Crippen LogP contribution in [0.4, 0.5) is 0 Å². The molecular formula is C18H15NOS. The number of pyridine rings is 1. The third-order valence-electron chi connectivity index (χ3n) is 3.73. The molecule has 0 saturated carbocycles. The number of nitrogens with zero attached hydrogens (tertiary/aromatic N) is 1. The third kappa shape index (κ3) is 2.49. The molecule has 0 aliphatic carbocycles. The van der Waals surface area contributed by atoms with Crippen molar-refractivity contribution in [3.8, 4) is 5.75 Å². The first-order valence-electron chi connectivity index (χ1n) is 7.11. The normalized spacial score (nSPS) is 16.9. The highest BCUT2D eigenvalue weighted by Crippen LogP contribution is 2.37. The van der Waals surface area contributed by atoms with Crippen LogP contribution in [0.25, 0.3) is 10.9 Å². The Morgan fingerprint density at radius 3 is 2.90 bits per heavy atom. The van der Waals surface area contributed by atoms with Gasteiger partial charge in [-0.15, -0.1) is 11.8 Å². The summed E-state index contributed by atoms with van der Waals surface area (Å²) < 4.78 is 6.05. The van der Waals surface area contributed by atoms with Gasteiger partial charge in [-0.3, -0.25) is 4.98 Å². The summed E-state index contributed by atoms with van der Waals surface area (Å²) in [6.07, 6.45) is 2.90. The highest BCUT2D eigenvalue weighted by Gasteiger charge is 2.22. The summed E-state index contributed by atoms with van der Waals surface area (Å²) in [5.41, 5.74) is 2.38. The van der Waals surface area contributed by atoms with Crippen molar-refractivity contribution in [2.24, 2.45) is 0 Å². The summed E-state index contributed by atoms with van der Waals surface area (Å²) in [6, 6.07) is 18.7. The minimum Gasteiger partial charge on any atom is -0.490 e. The van der Waals surface area contributed by atoms with Crippen molar-refractivity contribution in [2.75, 3.05) is 6.61 Å². The average molecular weight is 293 g/mol. The van der Waals surface area contributed by atoms with Gasteiger partial charge in [0.2, 0.25) is 0 Å². The Morgan fingerprint density at radius 1 is 1.05 bits per heavy atom. The van der Waals surface area contributed by atoms with Crippen molar-refractivity contribution >= 4 is 22.7 Å². The predicted molar refractivity (Wildman–Crippen MR) is 87.0 cm³/mol. The van der Waals surface area contributed by atoms with E-state index in [0.29, 0.717) is 5.25 Å². The Bertz CT molecular complexity index is 757. The molecule has 1 aromatic heterocycles. The van der Waals surface area contributed by atoms with E-state index in [2.05, 4.69) is 41.4 Å². The number of hydrogen-bond donors (Lipinski definition) is 0. The predicted octanol–water partition coefficient (Wildman–Crippen LogP) is 4.33. The van der Waals surface area contributed by atoms with Gasteiger partial charge < -0.3 is 4.74 Å². The van der Waals surface area contributed by atoms with Crippen LogP contribution in [0.3, 0.4) is 0 Å². The molecular weight excluding hydrogens is 278 g/mol. The van der Waals surface area contributed by atoms with Gasteiger partial charge >= 0.3 is 0 Å². The van der Waals surface area contributed by atoms with Gasteiger partial charge in [-0.2, -0.15) is 0 Å². The SMILES string of the molecule is c1ccc2c(c1)CC(COc1cccc3cccnc13)S2. The lowest BCUT2D eigenvalue weighted by Gasteiger charge is -2.12. The summed E-state index contributed by atoms with van der Waals surface area (Å²) in [5, 5.41) is 1.61. The molecule has 2 nitrogen and oxygen atoms in total. The lowest BCUT2D eigenvalue weighted by atomic mass is 10.1. The van der Waals surface area contributed by atoms with Crippen LogP contribution in [-0.4, -0.2) is 16.8 Å². The quantitative estimate of drug-likeness (QED) is 0.717. The lowest BCUT2D eigenvalue weighted by Crippen LogP contribution is -2.13. The van der Waals surface area contributed by atoms with E-state index in [4.69, 9.17) is 4.74 Å². The minimum atomic E-state index is 0.487. The molecule has 104 valence electrons. The van der Waals surface area contributed by atoms with E-state index in [1.54, 1.807) is 0 Å². The molecule has 0 spiro atoms. The van der Waals surface area contributed by atoms with E-state index in [0.717, 1.165) is 29.7 Å². The number of ether oxygens (including phenoxy) is 1. The van der Waals surface area contributed by atoms with E-state index in [9.17, 15) is 0 Å². The van der Waals surface area contributed by atoms with Crippen molar-refractivity contribution in [2.45, 2.75) is 16.6 Å². The summed E-state index contributed by atoms with van der Waals surface area (Å²) in [4.78, 5) is 5.82. The van der Waals surface area contributed by atoms with Gasteiger partial charge in [0.05, 0.1) is 0 Å². The molecule has 1 unspecified atom stereocenters. The van der Waals surface area contributed by atoms with Gasteiger partial charge in [0.15, 0.2) is 0 Å². The van der Waals surface area contributed by atoms with E-state index in [-0.39, 0.29) is 0 Å². The second-order valence-corrected chi connectivity index (χ2v) is 6.54. The van der Waals surface area contributed by atoms with E-state index in [1.807, 2.05) is 36.2 Å². The number of fused-ring (bicyclic) bond motifs is 2. The molecule has 1 aliphatic heterocycles. The summed E-state index contributed by atoms with van der Waals surface area (Å²) in [5.74, 6) is 0.879. The number of hydrogen-bond acceptors (Lipinski definition) is 3. The molecule has 2 aromatic carbocycles. The molecule has 0 radical (unpaired) electrons. The van der Waals surface area contributed by atoms with E-state index < -0.39 is 0 Å². The maximum atomic E-state index is 6.05. The smallest absolute Gasteiger partial charge is 0.145 e. The fourth-order valence-corrected chi connectivity index (χ4v) is 3.94. The van der Waals surface area contributed by atoms with Gasteiger partial charge in [-0.05, 0) is 30.2 Å². The number of aromatic nitrogens is 1. The van der Waals surface area contributed by atoms with Crippen molar-refractivity contribution < 1.29 is 4.74 Å². The van der Waals surface area contributed by atoms with E-state index in [1.165, 1.54) is 10.5 Å². The second-order valence-electron chi connectivity index (χ2n) is 5.19. The number of thioether (sulfide) groups is 1. The average Bonchev–Trinajstić information content (AvgIpc) is 2.96. The van der Waals surface area contributed by atoms with Gasteiger partial charge in [0.1, 0.15) is 17.9 Å². The molecule has 3 aromatic rings. The Balaban J connectivity index is 1.50. The van der Waals surface area contributed by atoms with Gasteiger partial charge in [-0.25, -0.2) is 0 Å². The van der Waals surface area contributed by atoms with Gasteiger partial charge in [0, 0.05) is 21.7 Å². The number of benzene rings is 2. The first kappa shape index (κ1) is 12.7. The van der Waals surface area contributed by atoms with Crippen LogP contribution in [0.1, 0.15) is 5.56 Å². The molecule has 0 bridgehead atoms. The van der Waals surface area contributed by atoms with Crippen LogP contribution in [0, 0.1) is 0 Å². The number of rotatable bonds is 3. The molecule has 3 heteroatoms. The van der Waals surface area contributed by atoms with Crippen LogP contribution in [0.15, 0.2) is 65.7 Å². The van der Waals surface area contributed by atoms with Crippen LogP contribution >= 0.6 is 11.8 Å². The molecule has 4 rings (SSSR count). The molecule has 0 saturated heterocycles. The highest BCUT2D eigenvalue weighted by molar-refractivity contribution is 8.00. The highest BCUT2D eigenvalue weighted by atomic mass is 32.2. The molecule has 21 heavy (non-hydrogen) atoms. The maximum absolute atomic E-state index is 6.05. The Kier molecular flexibility index (Phi) is 3.28. The second kappa shape index (κ2) is 5.41. The standard InChI is InChI=1S/C18H15NOS/c1-2-9-17-14(5-1)11-15(21-17)12-20-16-8-3-6-13-7-4-10-19-18(13)16/h1-10,15H,11-12H2. The zero-order valence-electron chi connectivity index (χ0n) is 11.5. The monoisotopic (exact) mass is 293 g/mol. The lowest BCUT2D eigenvalue weighted by molar-refractivity contribution is 0.320. The topological polar surface area (TPSA) is 22.1 Å². The fraction of sp³-hybridized carbons (Fsp3) is 0.167. The first-order chi connectivity index (χ1) is 10.4. The maximum Gasteiger partial charge on any atom is 0.145 e. The summed E-state index contributed by atoms with van der Waals surface area (Å²) in [6.45, 7) is 0.717. The van der Waals surface area contributed by atoms with Crippen LogP contribution in [-0.2, 0) is 6.42 Å². The van der Waals surface area contributed by atoms with Crippen LogP contribution in [0.5, 0.6) is 5.75 Å². The summed E-state index contributed by atoms with van der Waals surface area (Å²) >= 11 is 1.92. The molecule has 1 aliphatic rings. The molecule has 0 fully saturated rings. The van der Waals surface area contributed by atoms with Crippen LogP contribution < -0.4 is 4.74 Å². The Labute approximate surface area is 128 Å². The van der Waals surface area contributed by atoms with Crippen molar-refractivity contribution in [3.63, 3.8) is 0 Å². The van der Waals surface area contributed by atoms with Crippen molar-refractivity contribution in [1.82, 2.24) is 4.98 Å². The Hall–Kier alpha value is -2.00. The molecule has 0 N–H and O–H groups in total. The zero-order chi connectivity index (χ0) is 14.1. The fourth-order valence-electron chi connectivity index (χ4n) is 2.72. The Morgan fingerprint density at radius 2 is 1.95 bits per heavy atom. The van der Waals surface area contributed by atoms with Crippen LogP contribution in [0.2, 0.25) is 0 Å². The summed E-state index contributed by atoms with van der Waals surface area (Å²) in [7, 11) is 0. The largest absolute Gasteiger partial charge is 0.490 e. The molecule has 1 atom stereocenters. The molecule has 2 heterocycles. The zero-order valence-corrected chi connectivity index (χ0v) is 12.3. The van der Waals surface area contributed by atoms with E-state index >= 15 is 0 Å². The number of para-hydroxylation sites is 1. The van der Waals surface area contributed by atoms with Gasteiger partial charge in [-0.1, -0.05) is 36.4 Å². The molecule has 0 amide bonds. The third-order valence-corrected chi connectivity index (χ3v) is 5.02.